The minimum Gasteiger partial charge on any atom is -0.370 e. The largest absolute Gasteiger partial charge is 0.370 e. The predicted octanol–water partition coefficient (Wildman–Crippen LogP) is 2.85. The van der Waals surface area contributed by atoms with Crippen molar-refractivity contribution in [1.29, 1.82) is 0 Å². The third-order valence-electron chi connectivity index (χ3n) is 6.52. The summed E-state index contributed by atoms with van der Waals surface area (Å²) in [7, 11) is 0. The number of rotatable bonds is 6. The lowest BCUT2D eigenvalue weighted by molar-refractivity contribution is -0.125. The number of anilines is 1. The van der Waals surface area contributed by atoms with E-state index in [1.807, 2.05) is 4.90 Å². The van der Waals surface area contributed by atoms with E-state index in [-0.39, 0.29) is 24.9 Å². The molecule has 5 rings (SSSR count). The van der Waals surface area contributed by atoms with Crippen LogP contribution < -0.4 is 10.2 Å². The Morgan fingerprint density at radius 3 is 2.77 bits per heavy atom. The molecule has 2 aliphatic heterocycles. The van der Waals surface area contributed by atoms with Crippen LogP contribution in [-0.4, -0.2) is 46.0 Å². The second-order valence-corrected chi connectivity index (χ2v) is 8.83. The minimum atomic E-state index is -0.424. The van der Waals surface area contributed by atoms with Gasteiger partial charge in [-0.05, 0) is 49.6 Å². The van der Waals surface area contributed by atoms with Gasteiger partial charge in [0.25, 0.3) is 11.8 Å². The molecule has 2 aromatic carbocycles. The fraction of sp³-hybridized carbons (Fsp3) is 0.320. The molecule has 1 fully saturated rings. The Morgan fingerprint density at radius 1 is 1.17 bits per heavy atom. The minimum absolute atomic E-state index is 0.00903. The van der Waals surface area contributed by atoms with Gasteiger partial charge in [0, 0.05) is 13.1 Å². The molecule has 0 saturated carbocycles. The zero-order chi connectivity index (χ0) is 24.5. The Bertz CT molecular complexity index is 1310. The van der Waals surface area contributed by atoms with Crippen LogP contribution in [0.15, 0.2) is 47.1 Å². The van der Waals surface area contributed by atoms with Crippen LogP contribution in [0, 0.1) is 18.7 Å². The molecule has 0 radical (unpaired) electrons. The number of nitrogens with zero attached hydrogens (tertiary/aromatic N) is 4. The highest BCUT2D eigenvalue weighted by Crippen LogP contribution is 2.34. The molecule has 0 spiro atoms. The van der Waals surface area contributed by atoms with Gasteiger partial charge < -0.3 is 10.2 Å². The summed E-state index contributed by atoms with van der Waals surface area (Å²) < 4.78 is 18.3. The van der Waals surface area contributed by atoms with Gasteiger partial charge in [-0.3, -0.25) is 19.3 Å². The number of aryl methyl sites for hydroxylation is 1. The number of piperidine rings is 1. The summed E-state index contributed by atoms with van der Waals surface area (Å²) in [5.74, 6) is -1.63. The van der Waals surface area contributed by atoms with Gasteiger partial charge in [-0.25, -0.2) is 9.02 Å². The SMILES string of the molecule is Cc1nonc1CNC(=O)[C@@H]1CCCN(c2cccc3c2C(=O)N(Cc2cccc(F)c2)C3=O)C1. The second kappa shape index (κ2) is 9.28. The zero-order valence-electron chi connectivity index (χ0n) is 19.2. The number of aromatic nitrogens is 2. The van der Waals surface area contributed by atoms with E-state index in [0.29, 0.717) is 53.3 Å². The number of halogens is 1. The van der Waals surface area contributed by atoms with Crippen LogP contribution >= 0.6 is 0 Å². The maximum absolute atomic E-state index is 13.6. The Morgan fingerprint density at radius 2 is 2.00 bits per heavy atom. The van der Waals surface area contributed by atoms with E-state index in [9.17, 15) is 18.8 Å². The lowest BCUT2D eigenvalue weighted by atomic mass is 9.95. The maximum Gasteiger partial charge on any atom is 0.263 e. The van der Waals surface area contributed by atoms with E-state index in [1.54, 1.807) is 37.3 Å². The molecule has 1 atom stereocenters. The summed E-state index contributed by atoms with van der Waals surface area (Å²) in [6.07, 6.45) is 1.48. The molecule has 0 unspecified atom stereocenters. The van der Waals surface area contributed by atoms with Crippen molar-refractivity contribution in [3.05, 3.63) is 76.4 Å². The summed E-state index contributed by atoms with van der Waals surface area (Å²) in [6, 6.07) is 11.0. The van der Waals surface area contributed by atoms with Gasteiger partial charge in [0.2, 0.25) is 5.91 Å². The van der Waals surface area contributed by atoms with Gasteiger partial charge >= 0.3 is 0 Å². The van der Waals surface area contributed by atoms with Crippen molar-refractivity contribution < 1.29 is 23.4 Å². The highest BCUT2D eigenvalue weighted by Gasteiger charge is 2.39. The van der Waals surface area contributed by atoms with Crippen molar-refractivity contribution in [2.24, 2.45) is 5.92 Å². The fourth-order valence-electron chi connectivity index (χ4n) is 4.68. The molecule has 2 aliphatic rings. The highest BCUT2D eigenvalue weighted by molar-refractivity contribution is 6.23. The molecule has 0 aliphatic carbocycles. The van der Waals surface area contributed by atoms with Crippen molar-refractivity contribution in [3.8, 4) is 0 Å². The van der Waals surface area contributed by atoms with Crippen LogP contribution in [0.1, 0.15) is 50.5 Å². The number of carbonyl (C=O) groups is 3. The third kappa shape index (κ3) is 4.39. The number of imide groups is 1. The number of fused-ring (bicyclic) bond motifs is 1. The van der Waals surface area contributed by atoms with Crippen molar-refractivity contribution in [2.45, 2.75) is 32.9 Å². The first kappa shape index (κ1) is 22.7. The number of carbonyl (C=O) groups excluding carboxylic acids is 3. The van der Waals surface area contributed by atoms with E-state index in [0.717, 1.165) is 11.3 Å². The van der Waals surface area contributed by atoms with Crippen LogP contribution in [-0.2, 0) is 17.9 Å². The molecule has 1 saturated heterocycles. The standard InChI is InChI=1S/C25H24FN5O4/c1-15-20(29-35-28-15)12-27-23(32)17-6-4-10-30(14-17)21-9-3-8-19-22(21)25(34)31(24(19)33)13-16-5-2-7-18(26)11-16/h2-3,5,7-9,11,17H,4,6,10,12-14H2,1H3,(H,27,32)/t17-/m1/s1. The lowest BCUT2D eigenvalue weighted by Gasteiger charge is -2.34. The predicted molar refractivity (Wildman–Crippen MR) is 123 cm³/mol. The van der Waals surface area contributed by atoms with Crippen molar-refractivity contribution in [2.75, 3.05) is 18.0 Å². The van der Waals surface area contributed by atoms with Crippen LogP contribution in [0.3, 0.4) is 0 Å². The monoisotopic (exact) mass is 477 g/mol. The van der Waals surface area contributed by atoms with E-state index in [4.69, 9.17) is 0 Å². The van der Waals surface area contributed by atoms with Crippen molar-refractivity contribution >= 4 is 23.4 Å². The van der Waals surface area contributed by atoms with E-state index >= 15 is 0 Å². The summed E-state index contributed by atoms with van der Waals surface area (Å²) in [6.45, 7) is 3.06. The Hall–Kier alpha value is -4.08. The quantitative estimate of drug-likeness (QED) is 0.544. The Balaban J connectivity index is 1.33. The van der Waals surface area contributed by atoms with Gasteiger partial charge in [-0.2, -0.15) is 0 Å². The molecule has 3 amide bonds. The molecule has 35 heavy (non-hydrogen) atoms. The normalized spacial score (nSPS) is 17.6. The number of hydrogen-bond acceptors (Lipinski definition) is 7. The molecule has 1 N–H and O–H groups in total. The van der Waals surface area contributed by atoms with Crippen LogP contribution in [0.4, 0.5) is 10.1 Å². The van der Waals surface area contributed by atoms with E-state index < -0.39 is 17.6 Å². The van der Waals surface area contributed by atoms with Gasteiger partial charge in [0.15, 0.2) is 0 Å². The number of benzene rings is 2. The molecular weight excluding hydrogens is 453 g/mol. The summed E-state index contributed by atoms with van der Waals surface area (Å²) >= 11 is 0. The first-order valence-corrected chi connectivity index (χ1v) is 11.5. The van der Waals surface area contributed by atoms with E-state index in [1.165, 1.54) is 12.1 Å². The molecular formula is C25H24FN5O4. The lowest BCUT2D eigenvalue weighted by Crippen LogP contribution is -2.43. The van der Waals surface area contributed by atoms with Crippen LogP contribution in [0.5, 0.6) is 0 Å². The number of hydrogen-bond donors (Lipinski definition) is 1. The summed E-state index contributed by atoms with van der Waals surface area (Å²) in [5, 5.41) is 10.4. The first-order valence-electron chi connectivity index (χ1n) is 11.5. The molecule has 0 bridgehead atoms. The van der Waals surface area contributed by atoms with Crippen molar-refractivity contribution in [3.63, 3.8) is 0 Å². The molecule has 1 aromatic heterocycles. The third-order valence-corrected chi connectivity index (χ3v) is 6.52. The fourth-order valence-corrected chi connectivity index (χ4v) is 4.68. The van der Waals surface area contributed by atoms with Crippen molar-refractivity contribution in [1.82, 2.24) is 20.5 Å². The molecule has 3 aromatic rings. The zero-order valence-corrected chi connectivity index (χ0v) is 19.2. The van der Waals surface area contributed by atoms with Crippen LogP contribution in [0.25, 0.3) is 0 Å². The summed E-state index contributed by atoms with van der Waals surface area (Å²) in [5.41, 5.74) is 3.03. The molecule has 10 heteroatoms. The Labute approximate surface area is 200 Å². The molecule has 9 nitrogen and oxygen atoms in total. The van der Waals surface area contributed by atoms with Crippen LogP contribution in [0.2, 0.25) is 0 Å². The second-order valence-electron chi connectivity index (χ2n) is 8.83. The Kier molecular flexibility index (Phi) is 6.02. The average molecular weight is 477 g/mol. The highest BCUT2D eigenvalue weighted by atomic mass is 19.1. The number of nitrogens with one attached hydrogen (secondary N) is 1. The van der Waals surface area contributed by atoms with Gasteiger partial charge in [0.05, 0.1) is 35.8 Å². The van der Waals surface area contributed by atoms with Gasteiger partial charge in [-0.1, -0.05) is 28.5 Å². The van der Waals surface area contributed by atoms with Gasteiger partial charge in [0.1, 0.15) is 17.2 Å². The summed E-state index contributed by atoms with van der Waals surface area (Å²) in [4.78, 5) is 42.3. The molecule has 180 valence electrons. The number of amides is 3. The first-order chi connectivity index (χ1) is 16.9. The topological polar surface area (TPSA) is 109 Å². The van der Waals surface area contributed by atoms with Gasteiger partial charge in [-0.15, -0.1) is 0 Å². The average Bonchev–Trinajstić information content (AvgIpc) is 3.38. The smallest absolute Gasteiger partial charge is 0.263 e. The molecule has 3 heterocycles. The maximum atomic E-state index is 13.6. The van der Waals surface area contributed by atoms with E-state index in [2.05, 4.69) is 20.3 Å².